The van der Waals surface area contributed by atoms with Gasteiger partial charge in [-0.05, 0) is 54.8 Å². The van der Waals surface area contributed by atoms with Crippen molar-refractivity contribution in [2.75, 3.05) is 13.6 Å². The number of nitrogens with zero attached hydrogens (tertiary/aromatic N) is 2. The van der Waals surface area contributed by atoms with Gasteiger partial charge in [-0.15, -0.1) is 11.3 Å². The molecule has 1 aliphatic rings. The van der Waals surface area contributed by atoms with Crippen molar-refractivity contribution in [1.82, 2.24) is 9.47 Å². The lowest BCUT2D eigenvalue weighted by atomic mass is 10.1. The van der Waals surface area contributed by atoms with Crippen molar-refractivity contribution in [3.63, 3.8) is 0 Å². The second kappa shape index (κ2) is 5.82. The van der Waals surface area contributed by atoms with Crippen LogP contribution in [0.3, 0.4) is 0 Å². The zero-order chi connectivity index (χ0) is 16.0. The van der Waals surface area contributed by atoms with Gasteiger partial charge in [-0.2, -0.15) is 0 Å². The number of rotatable bonds is 2. The SMILES string of the molecule is C/C(=C\n1c2c(c3cc(Cl)ccc31)CN(C)CC2)c1cccs1. The molecule has 0 N–H and O–H groups in total. The van der Waals surface area contributed by atoms with Gasteiger partial charge in [0, 0.05) is 46.7 Å². The van der Waals surface area contributed by atoms with E-state index in [1.165, 1.54) is 32.6 Å². The van der Waals surface area contributed by atoms with Crippen molar-refractivity contribution in [1.29, 1.82) is 0 Å². The predicted molar refractivity (Wildman–Crippen MR) is 101 cm³/mol. The normalized spacial score (nSPS) is 16.0. The first-order valence-electron chi connectivity index (χ1n) is 7.85. The number of hydrogen-bond acceptors (Lipinski definition) is 2. The number of likely N-dealkylation sites (N-methyl/N-ethyl adjacent to an activating group) is 1. The molecule has 0 aliphatic carbocycles. The first kappa shape index (κ1) is 15.0. The average molecular weight is 343 g/mol. The fourth-order valence-electron chi connectivity index (χ4n) is 3.41. The predicted octanol–water partition coefficient (Wildman–Crippen LogP) is 5.36. The lowest BCUT2D eigenvalue weighted by Gasteiger charge is -2.23. The Kier molecular flexibility index (Phi) is 3.80. The summed E-state index contributed by atoms with van der Waals surface area (Å²) >= 11 is 8.04. The highest BCUT2D eigenvalue weighted by atomic mass is 35.5. The first-order chi connectivity index (χ1) is 11.1. The fraction of sp³-hybridized carbons (Fsp3) is 0.263. The Labute approximate surface area is 145 Å². The van der Waals surface area contributed by atoms with Crippen LogP contribution in [0.1, 0.15) is 23.1 Å². The largest absolute Gasteiger partial charge is 0.320 e. The topological polar surface area (TPSA) is 8.17 Å². The van der Waals surface area contributed by atoms with Crippen LogP contribution in [-0.4, -0.2) is 23.1 Å². The molecule has 0 unspecified atom stereocenters. The number of fused-ring (bicyclic) bond motifs is 3. The van der Waals surface area contributed by atoms with Crippen molar-refractivity contribution in [3.05, 3.63) is 56.9 Å². The van der Waals surface area contributed by atoms with Gasteiger partial charge < -0.3 is 9.47 Å². The van der Waals surface area contributed by atoms with Crippen LogP contribution in [0.15, 0.2) is 35.7 Å². The smallest absolute Gasteiger partial charge is 0.0529 e. The lowest BCUT2D eigenvalue weighted by molar-refractivity contribution is 0.312. The summed E-state index contributed by atoms with van der Waals surface area (Å²) in [4.78, 5) is 3.70. The first-order valence-corrected chi connectivity index (χ1v) is 9.11. The molecule has 3 aromatic rings. The molecule has 0 saturated heterocycles. The third-order valence-electron chi connectivity index (χ3n) is 4.57. The van der Waals surface area contributed by atoms with Gasteiger partial charge in [-0.25, -0.2) is 0 Å². The van der Waals surface area contributed by atoms with Crippen LogP contribution < -0.4 is 0 Å². The van der Waals surface area contributed by atoms with Crippen molar-refractivity contribution in [2.45, 2.75) is 19.9 Å². The van der Waals surface area contributed by atoms with E-state index in [2.05, 4.69) is 59.3 Å². The van der Waals surface area contributed by atoms with Crippen LogP contribution in [-0.2, 0) is 13.0 Å². The molecule has 0 fully saturated rings. The number of thiophene rings is 1. The number of allylic oxidation sites excluding steroid dienone is 1. The van der Waals surface area contributed by atoms with Crippen molar-refractivity contribution >= 4 is 45.6 Å². The summed E-state index contributed by atoms with van der Waals surface area (Å²) in [6.45, 7) is 4.28. The average Bonchev–Trinajstić information content (AvgIpc) is 3.15. The highest BCUT2D eigenvalue weighted by molar-refractivity contribution is 7.11. The van der Waals surface area contributed by atoms with E-state index >= 15 is 0 Å². The van der Waals surface area contributed by atoms with Crippen LogP contribution >= 0.6 is 22.9 Å². The minimum Gasteiger partial charge on any atom is -0.320 e. The Morgan fingerprint density at radius 1 is 1.30 bits per heavy atom. The summed E-state index contributed by atoms with van der Waals surface area (Å²) in [7, 11) is 2.18. The van der Waals surface area contributed by atoms with Crippen molar-refractivity contribution < 1.29 is 0 Å². The zero-order valence-corrected chi connectivity index (χ0v) is 14.9. The minimum absolute atomic E-state index is 0.810. The maximum absolute atomic E-state index is 6.26. The van der Waals surface area contributed by atoms with Crippen LogP contribution in [0.2, 0.25) is 5.02 Å². The lowest BCUT2D eigenvalue weighted by Crippen LogP contribution is -2.26. The molecule has 3 heterocycles. The molecule has 1 aromatic carbocycles. The second-order valence-electron chi connectivity index (χ2n) is 6.23. The number of halogens is 1. The summed E-state index contributed by atoms with van der Waals surface area (Å²) in [5.41, 5.74) is 5.40. The van der Waals surface area contributed by atoms with Crippen LogP contribution in [0.5, 0.6) is 0 Å². The fourth-order valence-corrected chi connectivity index (χ4v) is 4.28. The molecule has 2 nitrogen and oxygen atoms in total. The van der Waals surface area contributed by atoms with E-state index in [-0.39, 0.29) is 0 Å². The molecular formula is C19H19ClN2S. The van der Waals surface area contributed by atoms with E-state index in [0.717, 1.165) is 24.5 Å². The highest BCUT2D eigenvalue weighted by Crippen LogP contribution is 2.34. The Balaban J connectivity index is 1.94. The monoisotopic (exact) mass is 342 g/mol. The van der Waals surface area contributed by atoms with Gasteiger partial charge in [0.1, 0.15) is 0 Å². The van der Waals surface area contributed by atoms with E-state index in [1.54, 1.807) is 11.3 Å². The van der Waals surface area contributed by atoms with Gasteiger partial charge in [0.2, 0.25) is 0 Å². The Morgan fingerprint density at radius 3 is 2.96 bits per heavy atom. The molecule has 0 atom stereocenters. The van der Waals surface area contributed by atoms with Crippen LogP contribution in [0.25, 0.3) is 22.7 Å². The summed E-state index contributed by atoms with van der Waals surface area (Å²) in [5, 5.41) is 4.23. The van der Waals surface area contributed by atoms with Gasteiger partial charge in [-0.3, -0.25) is 0 Å². The maximum Gasteiger partial charge on any atom is 0.0529 e. The number of hydrogen-bond donors (Lipinski definition) is 0. The molecule has 0 radical (unpaired) electrons. The van der Waals surface area contributed by atoms with Gasteiger partial charge >= 0.3 is 0 Å². The van der Waals surface area contributed by atoms with Gasteiger partial charge in [0.25, 0.3) is 0 Å². The van der Waals surface area contributed by atoms with Crippen LogP contribution in [0.4, 0.5) is 0 Å². The minimum atomic E-state index is 0.810. The molecule has 4 rings (SSSR count). The third kappa shape index (κ3) is 2.63. The summed E-state index contributed by atoms with van der Waals surface area (Å²) in [5.74, 6) is 0. The van der Waals surface area contributed by atoms with Gasteiger partial charge in [-0.1, -0.05) is 17.7 Å². The van der Waals surface area contributed by atoms with Crippen molar-refractivity contribution in [3.8, 4) is 0 Å². The Hall–Kier alpha value is -1.55. The molecule has 4 heteroatoms. The summed E-state index contributed by atoms with van der Waals surface area (Å²) in [6, 6.07) is 10.5. The van der Waals surface area contributed by atoms with E-state index in [9.17, 15) is 0 Å². The molecule has 0 bridgehead atoms. The molecule has 0 spiro atoms. The molecule has 118 valence electrons. The van der Waals surface area contributed by atoms with Crippen molar-refractivity contribution in [2.24, 2.45) is 0 Å². The standard InChI is InChI=1S/C19H19ClN2S/c1-13(19-4-3-9-23-19)11-22-17-6-5-14(20)10-15(17)16-12-21(2)8-7-18(16)22/h3-6,9-11H,7-8,12H2,1-2H3/b13-11+. The quantitative estimate of drug-likeness (QED) is 0.608. The van der Waals surface area contributed by atoms with Gasteiger partial charge in [0.15, 0.2) is 0 Å². The van der Waals surface area contributed by atoms with E-state index < -0.39 is 0 Å². The Morgan fingerprint density at radius 2 is 2.17 bits per heavy atom. The van der Waals surface area contributed by atoms with E-state index in [4.69, 9.17) is 11.6 Å². The third-order valence-corrected chi connectivity index (χ3v) is 5.81. The van der Waals surface area contributed by atoms with E-state index in [1.807, 2.05) is 6.07 Å². The summed E-state index contributed by atoms with van der Waals surface area (Å²) in [6.07, 6.45) is 3.36. The second-order valence-corrected chi connectivity index (χ2v) is 7.62. The molecule has 23 heavy (non-hydrogen) atoms. The maximum atomic E-state index is 6.26. The van der Waals surface area contributed by atoms with E-state index in [0.29, 0.717) is 0 Å². The number of aromatic nitrogens is 1. The highest BCUT2D eigenvalue weighted by Gasteiger charge is 2.22. The molecule has 1 aliphatic heterocycles. The zero-order valence-electron chi connectivity index (χ0n) is 13.3. The molecular weight excluding hydrogens is 324 g/mol. The Bertz CT molecular complexity index is 890. The molecule has 0 saturated carbocycles. The summed E-state index contributed by atoms with van der Waals surface area (Å²) < 4.78 is 2.38. The molecule has 0 amide bonds. The number of benzene rings is 1. The molecule has 2 aromatic heterocycles. The van der Waals surface area contributed by atoms with Gasteiger partial charge in [0.05, 0.1) is 5.52 Å². The van der Waals surface area contributed by atoms with Crippen LogP contribution in [0, 0.1) is 0 Å².